The van der Waals surface area contributed by atoms with Crippen LogP contribution in [-0.4, -0.2) is 65.9 Å². The predicted molar refractivity (Wildman–Crippen MR) is 201 cm³/mol. The molecule has 10 heteroatoms. The quantitative estimate of drug-likeness (QED) is 0.167. The Balaban J connectivity index is 1.23. The summed E-state index contributed by atoms with van der Waals surface area (Å²) in [6, 6.07) is 28.5. The molecule has 0 radical (unpaired) electrons. The Hall–Kier alpha value is -5.48. The number of carbonyl (C=O) groups excluding carboxylic acids is 3. The van der Waals surface area contributed by atoms with Crippen molar-refractivity contribution in [1.82, 2.24) is 20.9 Å². The van der Waals surface area contributed by atoms with Crippen LogP contribution in [0.3, 0.4) is 0 Å². The molecule has 52 heavy (non-hydrogen) atoms. The zero-order valence-electron chi connectivity index (χ0n) is 30.0. The number of carboxylic acid groups (broad SMARTS) is 1. The SMILES string of the molecule is CNC(C)C(=O)NC(Cc1ccc(N(C)Cc2ccc(C(=O)O)cc2)cc1)C(=O)N1Cc2ccccc2CC1C(=O)NC1CCCc2ccccc21. The lowest BCUT2D eigenvalue weighted by Gasteiger charge is -2.39. The molecular formula is C42H47N5O5. The van der Waals surface area contributed by atoms with Gasteiger partial charge in [-0.3, -0.25) is 14.4 Å². The topological polar surface area (TPSA) is 131 Å². The molecule has 270 valence electrons. The van der Waals surface area contributed by atoms with Gasteiger partial charge < -0.3 is 30.9 Å². The summed E-state index contributed by atoms with van der Waals surface area (Å²) < 4.78 is 0. The number of nitrogens with one attached hydrogen (secondary N) is 3. The summed E-state index contributed by atoms with van der Waals surface area (Å²) in [5.41, 5.74) is 7.41. The summed E-state index contributed by atoms with van der Waals surface area (Å²) in [5.74, 6) is -1.76. The van der Waals surface area contributed by atoms with E-state index in [1.54, 1.807) is 43.1 Å². The fraction of sp³-hybridized carbons (Fsp3) is 0.333. The van der Waals surface area contributed by atoms with Crippen molar-refractivity contribution < 1.29 is 24.3 Å². The van der Waals surface area contributed by atoms with Crippen molar-refractivity contribution in [3.05, 3.63) is 136 Å². The molecule has 4 aromatic carbocycles. The van der Waals surface area contributed by atoms with Crippen molar-refractivity contribution in [2.45, 2.75) is 76.3 Å². The zero-order valence-corrected chi connectivity index (χ0v) is 30.0. The van der Waals surface area contributed by atoms with E-state index in [2.05, 4.69) is 33.0 Å². The molecule has 6 rings (SSSR count). The van der Waals surface area contributed by atoms with Gasteiger partial charge in [0.05, 0.1) is 17.6 Å². The number of fused-ring (bicyclic) bond motifs is 2. The van der Waals surface area contributed by atoms with Crippen LogP contribution in [0.15, 0.2) is 97.1 Å². The predicted octanol–water partition coefficient (Wildman–Crippen LogP) is 4.80. The van der Waals surface area contributed by atoms with E-state index in [1.807, 2.05) is 67.7 Å². The third kappa shape index (κ3) is 8.35. The molecule has 0 saturated heterocycles. The molecule has 0 saturated carbocycles. The van der Waals surface area contributed by atoms with Crippen LogP contribution < -0.4 is 20.9 Å². The van der Waals surface area contributed by atoms with Gasteiger partial charge in [-0.15, -0.1) is 0 Å². The second kappa shape index (κ2) is 16.2. The van der Waals surface area contributed by atoms with E-state index in [9.17, 15) is 24.3 Å². The number of carbonyl (C=O) groups is 4. The Kier molecular flexibility index (Phi) is 11.3. The Labute approximate surface area is 305 Å². The Morgan fingerprint density at radius 3 is 2.21 bits per heavy atom. The van der Waals surface area contributed by atoms with E-state index < -0.39 is 24.1 Å². The highest BCUT2D eigenvalue weighted by Crippen LogP contribution is 2.31. The van der Waals surface area contributed by atoms with Gasteiger partial charge in [-0.2, -0.15) is 0 Å². The van der Waals surface area contributed by atoms with Crippen LogP contribution >= 0.6 is 0 Å². The van der Waals surface area contributed by atoms with Gasteiger partial charge in [-0.25, -0.2) is 4.79 Å². The summed E-state index contributed by atoms with van der Waals surface area (Å²) in [6.07, 6.45) is 3.42. The number of benzene rings is 4. The highest BCUT2D eigenvalue weighted by atomic mass is 16.4. The number of hydrogen-bond donors (Lipinski definition) is 4. The van der Waals surface area contributed by atoms with Crippen molar-refractivity contribution in [3.8, 4) is 0 Å². The van der Waals surface area contributed by atoms with Gasteiger partial charge in [0.15, 0.2) is 0 Å². The number of hydrogen-bond acceptors (Lipinski definition) is 6. The maximum atomic E-state index is 14.7. The van der Waals surface area contributed by atoms with Gasteiger partial charge in [0.2, 0.25) is 17.7 Å². The molecule has 1 heterocycles. The molecule has 0 aromatic heterocycles. The smallest absolute Gasteiger partial charge is 0.335 e. The average molecular weight is 702 g/mol. The number of amides is 3. The first-order valence-electron chi connectivity index (χ1n) is 18.0. The summed E-state index contributed by atoms with van der Waals surface area (Å²) in [6.45, 7) is 2.58. The van der Waals surface area contributed by atoms with E-state index in [1.165, 1.54) is 5.56 Å². The first kappa shape index (κ1) is 36.3. The number of likely N-dealkylation sites (N-methyl/N-ethyl adjacent to an activating group) is 1. The molecule has 4 atom stereocenters. The monoisotopic (exact) mass is 701 g/mol. The van der Waals surface area contributed by atoms with Gasteiger partial charge in [-0.1, -0.05) is 72.8 Å². The number of aryl methyl sites for hydroxylation is 1. The van der Waals surface area contributed by atoms with Crippen molar-refractivity contribution in [3.63, 3.8) is 0 Å². The van der Waals surface area contributed by atoms with E-state index in [0.29, 0.717) is 13.0 Å². The van der Waals surface area contributed by atoms with E-state index >= 15 is 0 Å². The summed E-state index contributed by atoms with van der Waals surface area (Å²) in [4.78, 5) is 57.1. The molecule has 0 bridgehead atoms. The highest BCUT2D eigenvalue weighted by Gasteiger charge is 2.39. The van der Waals surface area contributed by atoms with E-state index in [-0.39, 0.29) is 42.3 Å². The summed E-state index contributed by atoms with van der Waals surface area (Å²) in [7, 11) is 3.65. The number of nitrogens with zero attached hydrogens (tertiary/aromatic N) is 2. The fourth-order valence-electron chi connectivity index (χ4n) is 7.23. The minimum Gasteiger partial charge on any atom is -0.478 e. The lowest BCUT2D eigenvalue weighted by molar-refractivity contribution is -0.145. The first-order chi connectivity index (χ1) is 25.1. The van der Waals surface area contributed by atoms with Crippen molar-refractivity contribution in [2.24, 2.45) is 0 Å². The largest absolute Gasteiger partial charge is 0.478 e. The molecule has 0 fully saturated rings. The zero-order chi connectivity index (χ0) is 36.8. The average Bonchev–Trinajstić information content (AvgIpc) is 3.17. The van der Waals surface area contributed by atoms with Crippen LogP contribution in [0.4, 0.5) is 5.69 Å². The highest BCUT2D eigenvalue weighted by molar-refractivity contribution is 5.94. The molecule has 1 aliphatic carbocycles. The molecule has 4 unspecified atom stereocenters. The number of carboxylic acids is 1. The van der Waals surface area contributed by atoms with Crippen LogP contribution in [0.2, 0.25) is 0 Å². The number of anilines is 1. The van der Waals surface area contributed by atoms with Gasteiger partial charge >= 0.3 is 5.97 Å². The molecule has 1 aliphatic heterocycles. The van der Waals surface area contributed by atoms with Gasteiger partial charge in [0, 0.05) is 38.7 Å². The minimum atomic E-state index is -0.960. The summed E-state index contributed by atoms with van der Waals surface area (Å²) >= 11 is 0. The molecule has 4 N–H and O–H groups in total. The van der Waals surface area contributed by atoms with Crippen LogP contribution in [0.5, 0.6) is 0 Å². The Bertz CT molecular complexity index is 1910. The van der Waals surface area contributed by atoms with Crippen molar-refractivity contribution >= 4 is 29.4 Å². The molecule has 3 amide bonds. The van der Waals surface area contributed by atoms with Crippen LogP contribution in [0.25, 0.3) is 0 Å². The normalized spacial score (nSPS) is 17.6. The van der Waals surface area contributed by atoms with Gasteiger partial charge in [-0.05, 0) is 90.9 Å². The lowest BCUT2D eigenvalue weighted by Crippen LogP contribution is -2.59. The Morgan fingerprint density at radius 2 is 1.52 bits per heavy atom. The molecule has 2 aliphatic rings. The first-order valence-corrected chi connectivity index (χ1v) is 18.0. The van der Waals surface area contributed by atoms with Crippen LogP contribution in [0, 0.1) is 0 Å². The maximum absolute atomic E-state index is 14.7. The fourth-order valence-corrected chi connectivity index (χ4v) is 7.23. The maximum Gasteiger partial charge on any atom is 0.335 e. The number of aromatic carboxylic acids is 1. The lowest BCUT2D eigenvalue weighted by atomic mass is 9.87. The van der Waals surface area contributed by atoms with Crippen LogP contribution in [-0.2, 0) is 46.7 Å². The third-order valence-electron chi connectivity index (χ3n) is 10.4. The van der Waals surface area contributed by atoms with Crippen LogP contribution in [0.1, 0.15) is 69.5 Å². The second-order valence-electron chi connectivity index (χ2n) is 13.9. The van der Waals surface area contributed by atoms with E-state index in [4.69, 9.17) is 0 Å². The van der Waals surface area contributed by atoms with Gasteiger partial charge in [0.25, 0.3) is 0 Å². The van der Waals surface area contributed by atoms with E-state index in [0.717, 1.165) is 52.8 Å². The Morgan fingerprint density at radius 1 is 0.865 bits per heavy atom. The standard InChI is InChI=1S/C42H47N5O5/c1-27(43-2)39(48)45-37(23-28-17-21-34(22-18-28)46(3)25-29-15-19-31(20-16-29)42(51)52)41(50)47-26-33-11-5-4-10-32(33)24-38(47)40(49)44-36-14-8-12-30-9-6-7-13-35(30)36/h4-7,9-11,13,15-22,27,36-38,43H,8,12,14,23-26H2,1-3H3,(H,44,49)(H,45,48)(H,51,52). The second-order valence-corrected chi connectivity index (χ2v) is 13.9. The third-order valence-corrected chi connectivity index (χ3v) is 10.4. The van der Waals surface area contributed by atoms with Crippen molar-refractivity contribution in [2.75, 3.05) is 19.0 Å². The molecule has 10 nitrogen and oxygen atoms in total. The summed E-state index contributed by atoms with van der Waals surface area (Å²) in [5, 5.41) is 18.5. The van der Waals surface area contributed by atoms with Crippen molar-refractivity contribution in [1.29, 1.82) is 0 Å². The molecule has 4 aromatic rings. The minimum absolute atomic E-state index is 0.126. The molecule has 0 spiro atoms. The number of rotatable bonds is 12. The van der Waals surface area contributed by atoms with Gasteiger partial charge in [0.1, 0.15) is 12.1 Å². The molecular weight excluding hydrogens is 654 g/mol.